The van der Waals surface area contributed by atoms with Gasteiger partial charge in [-0.2, -0.15) is 0 Å². The van der Waals surface area contributed by atoms with Gasteiger partial charge < -0.3 is 15.0 Å². The number of amides is 2. The molecule has 0 heterocycles. The Morgan fingerprint density at radius 2 is 1.82 bits per heavy atom. The van der Waals surface area contributed by atoms with E-state index < -0.39 is 35.3 Å². The van der Waals surface area contributed by atoms with Crippen LogP contribution >= 0.6 is 11.6 Å². The van der Waals surface area contributed by atoms with Crippen LogP contribution in [0.4, 0.5) is 10.1 Å². The van der Waals surface area contributed by atoms with Crippen LogP contribution in [0.2, 0.25) is 5.02 Å². The Balaban J connectivity index is 1.93. The molecule has 0 aliphatic carbocycles. The van der Waals surface area contributed by atoms with Crippen molar-refractivity contribution in [2.45, 2.75) is 20.0 Å². The van der Waals surface area contributed by atoms with Gasteiger partial charge in [0.1, 0.15) is 11.4 Å². The number of anilines is 1. The highest BCUT2D eigenvalue weighted by Crippen LogP contribution is 2.20. The number of benzene rings is 2. The summed E-state index contributed by atoms with van der Waals surface area (Å²) in [4.78, 5) is 37.7. The quantitative estimate of drug-likeness (QED) is 0.746. The molecule has 28 heavy (non-hydrogen) atoms. The fourth-order valence-electron chi connectivity index (χ4n) is 2.40. The lowest BCUT2D eigenvalue weighted by Gasteiger charge is -2.21. The maximum absolute atomic E-state index is 13.8. The van der Waals surface area contributed by atoms with Crippen LogP contribution in [-0.2, 0) is 14.3 Å². The standard InChI is InChI=1S/C20H20ClFN2O4/c1-12-7-9-14(10-8-12)23-17(25)11-24(3)19(26)13(2)28-20(27)18-15(21)5-4-6-16(18)22/h4-10,13H,11H2,1-3H3,(H,23,25)/t13-/m0/s1. The van der Waals surface area contributed by atoms with E-state index in [2.05, 4.69) is 5.32 Å². The van der Waals surface area contributed by atoms with Gasteiger partial charge in [0, 0.05) is 12.7 Å². The molecular formula is C20H20ClFN2O4. The van der Waals surface area contributed by atoms with E-state index in [1.165, 1.54) is 26.1 Å². The summed E-state index contributed by atoms with van der Waals surface area (Å²) < 4.78 is 18.8. The van der Waals surface area contributed by atoms with Gasteiger partial charge in [-0.15, -0.1) is 0 Å². The van der Waals surface area contributed by atoms with Crippen molar-refractivity contribution in [3.05, 3.63) is 64.4 Å². The SMILES string of the molecule is Cc1ccc(NC(=O)CN(C)C(=O)[C@H](C)OC(=O)c2c(F)cccc2Cl)cc1. The van der Waals surface area contributed by atoms with Crippen molar-refractivity contribution >= 4 is 35.1 Å². The molecule has 0 radical (unpaired) electrons. The van der Waals surface area contributed by atoms with Gasteiger partial charge in [-0.1, -0.05) is 35.4 Å². The van der Waals surface area contributed by atoms with Crippen molar-refractivity contribution in [3.8, 4) is 0 Å². The number of halogens is 2. The summed E-state index contributed by atoms with van der Waals surface area (Å²) in [6, 6.07) is 10.9. The van der Waals surface area contributed by atoms with Gasteiger partial charge in [0.25, 0.3) is 5.91 Å². The first kappa shape index (κ1) is 21.4. The third-order valence-corrected chi connectivity index (χ3v) is 4.21. The molecule has 0 aromatic heterocycles. The van der Waals surface area contributed by atoms with Gasteiger partial charge in [0.2, 0.25) is 5.91 Å². The van der Waals surface area contributed by atoms with Gasteiger partial charge >= 0.3 is 5.97 Å². The molecule has 148 valence electrons. The fraction of sp³-hybridized carbons (Fsp3) is 0.250. The minimum Gasteiger partial charge on any atom is -0.449 e. The minimum absolute atomic E-state index is 0.115. The highest BCUT2D eigenvalue weighted by Gasteiger charge is 2.26. The molecule has 0 saturated carbocycles. The first-order chi connectivity index (χ1) is 13.2. The lowest BCUT2D eigenvalue weighted by atomic mass is 10.2. The highest BCUT2D eigenvalue weighted by molar-refractivity contribution is 6.33. The van der Waals surface area contributed by atoms with E-state index in [4.69, 9.17) is 16.3 Å². The van der Waals surface area contributed by atoms with Gasteiger partial charge in [-0.05, 0) is 38.1 Å². The molecule has 0 aliphatic heterocycles. The average molecular weight is 407 g/mol. The van der Waals surface area contributed by atoms with Crippen LogP contribution < -0.4 is 5.32 Å². The summed E-state index contributed by atoms with van der Waals surface area (Å²) >= 11 is 5.82. The Bertz CT molecular complexity index is 866. The Morgan fingerprint density at radius 1 is 1.18 bits per heavy atom. The van der Waals surface area contributed by atoms with Crippen LogP contribution in [0.5, 0.6) is 0 Å². The van der Waals surface area contributed by atoms with Crippen LogP contribution in [0, 0.1) is 12.7 Å². The fourth-order valence-corrected chi connectivity index (χ4v) is 2.64. The lowest BCUT2D eigenvalue weighted by molar-refractivity contribution is -0.140. The topological polar surface area (TPSA) is 75.7 Å². The molecule has 1 atom stereocenters. The Morgan fingerprint density at radius 3 is 2.43 bits per heavy atom. The van der Waals surface area contributed by atoms with Gasteiger partial charge in [-0.25, -0.2) is 9.18 Å². The molecule has 0 bridgehead atoms. The summed E-state index contributed by atoms with van der Waals surface area (Å²) in [5.74, 6) is -2.92. The number of nitrogens with zero attached hydrogens (tertiary/aromatic N) is 1. The molecule has 0 aliphatic rings. The molecule has 0 saturated heterocycles. The highest BCUT2D eigenvalue weighted by atomic mass is 35.5. The number of esters is 1. The van der Waals surface area contributed by atoms with E-state index in [0.717, 1.165) is 16.5 Å². The number of carbonyl (C=O) groups is 3. The largest absolute Gasteiger partial charge is 0.449 e. The zero-order valence-electron chi connectivity index (χ0n) is 15.7. The van der Waals surface area contributed by atoms with E-state index in [9.17, 15) is 18.8 Å². The van der Waals surface area contributed by atoms with Crippen LogP contribution in [0.25, 0.3) is 0 Å². The van der Waals surface area contributed by atoms with E-state index in [-0.39, 0.29) is 11.6 Å². The number of aryl methyl sites for hydroxylation is 1. The van der Waals surface area contributed by atoms with E-state index in [1.54, 1.807) is 12.1 Å². The molecule has 0 spiro atoms. The maximum Gasteiger partial charge on any atom is 0.343 e. The minimum atomic E-state index is -1.22. The smallest absolute Gasteiger partial charge is 0.343 e. The number of hydrogen-bond donors (Lipinski definition) is 1. The summed E-state index contributed by atoms with van der Waals surface area (Å²) in [6.07, 6.45) is -1.22. The van der Waals surface area contributed by atoms with Crippen LogP contribution in [0.1, 0.15) is 22.8 Å². The van der Waals surface area contributed by atoms with E-state index >= 15 is 0 Å². The average Bonchev–Trinajstić information content (AvgIpc) is 2.62. The third kappa shape index (κ3) is 5.53. The first-order valence-electron chi connectivity index (χ1n) is 8.45. The Hall–Kier alpha value is -2.93. The molecule has 0 fully saturated rings. The monoisotopic (exact) mass is 406 g/mol. The van der Waals surface area contributed by atoms with Crippen molar-refractivity contribution in [2.75, 3.05) is 18.9 Å². The zero-order valence-corrected chi connectivity index (χ0v) is 16.4. The van der Waals surface area contributed by atoms with Crippen molar-refractivity contribution in [2.24, 2.45) is 0 Å². The van der Waals surface area contributed by atoms with Crippen LogP contribution in [0.15, 0.2) is 42.5 Å². The Kier molecular flexibility index (Phi) is 7.12. The third-order valence-electron chi connectivity index (χ3n) is 3.89. The van der Waals surface area contributed by atoms with Crippen molar-refractivity contribution in [1.29, 1.82) is 0 Å². The molecule has 8 heteroatoms. The van der Waals surface area contributed by atoms with Crippen LogP contribution in [0.3, 0.4) is 0 Å². The first-order valence-corrected chi connectivity index (χ1v) is 8.83. The second-order valence-electron chi connectivity index (χ2n) is 6.25. The van der Waals surface area contributed by atoms with Crippen LogP contribution in [-0.4, -0.2) is 42.4 Å². The molecule has 2 aromatic carbocycles. The van der Waals surface area contributed by atoms with Crippen molar-refractivity contribution in [1.82, 2.24) is 4.90 Å². The number of hydrogen-bond acceptors (Lipinski definition) is 4. The molecular weight excluding hydrogens is 387 g/mol. The zero-order chi connectivity index (χ0) is 20.8. The summed E-state index contributed by atoms with van der Waals surface area (Å²) in [5.41, 5.74) is 1.21. The predicted molar refractivity (Wildman–Crippen MR) is 104 cm³/mol. The van der Waals surface area contributed by atoms with Crippen molar-refractivity contribution < 1.29 is 23.5 Å². The normalized spacial score (nSPS) is 11.5. The van der Waals surface area contributed by atoms with E-state index in [0.29, 0.717) is 5.69 Å². The number of ether oxygens (including phenoxy) is 1. The summed E-state index contributed by atoms with van der Waals surface area (Å²) in [6.45, 7) is 3.02. The summed E-state index contributed by atoms with van der Waals surface area (Å²) in [5, 5.41) is 2.55. The molecule has 0 unspecified atom stereocenters. The molecule has 6 nitrogen and oxygen atoms in total. The molecule has 2 amide bonds. The number of likely N-dealkylation sites (N-methyl/N-ethyl adjacent to an activating group) is 1. The lowest BCUT2D eigenvalue weighted by Crippen LogP contribution is -2.41. The predicted octanol–water partition coefficient (Wildman–Crippen LogP) is 3.43. The molecule has 1 N–H and O–H groups in total. The van der Waals surface area contributed by atoms with Gasteiger partial charge in [0.05, 0.1) is 11.6 Å². The number of rotatable bonds is 6. The maximum atomic E-state index is 13.8. The molecule has 2 aromatic rings. The van der Waals surface area contributed by atoms with E-state index in [1.807, 2.05) is 19.1 Å². The van der Waals surface area contributed by atoms with Gasteiger partial charge in [-0.3, -0.25) is 9.59 Å². The molecule has 2 rings (SSSR count). The van der Waals surface area contributed by atoms with Crippen molar-refractivity contribution in [3.63, 3.8) is 0 Å². The second-order valence-corrected chi connectivity index (χ2v) is 6.66. The Labute approximate surface area is 167 Å². The number of carbonyl (C=O) groups excluding carboxylic acids is 3. The van der Waals surface area contributed by atoms with Gasteiger partial charge in [0.15, 0.2) is 6.10 Å². The number of nitrogens with one attached hydrogen (secondary N) is 1. The summed E-state index contributed by atoms with van der Waals surface area (Å²) in [7, 11) is 1.40. The second kappa shape index (κ2) is 9.32.